The van der Waals surface area contributed by atoms with E-state index in [4.69, 9.17) is 0 Å². The Labute approximate surface area is 126 Å². The number of carbonyl (C=O) groups is 3. The van der Waals surface area contributed by atoms with Gasteiger partial charge in [0, 0.05) is 24.1 Å². The van der Waals surface area contributed by atoms with Crippen LogP contribution >= 0.6 is 0 Å². The molecule has 5 nitrogen and oxygen atoms in total. The minimum Gasteiger partial charge on any atom is -0.329 e. The van der Waals surface area contributed by atoms with Crippen LogP contribution in [-0.4, -0.2) is 17.6 Å². The standard InChI is InChI=1S/C16H15FN2O3/c17-10-4-1-2-5-11(10)19-16(22)9-8-14(21)18-12-6-3-7-13(20)15(9)12/h1-2,4-5,9H,3,6-8H2,(H,18,21)(H,19,22)/t9-/m0/s1. The van der Waals surface area contributed by atoms with Crippen LogP contribution in [0.4, 0.5) is 10.1 Å². The van der Waals surface area contributed by atoms with Crippen molar-refractivity contribution in [2.75, 3.05) is 5.32 Å². The van der Waals surface area contributed by atoms with Crippen LogP contribution in [-0.2, 0) is 14.4 Å². The normalized spacial score (nSPS) is 21.2. The summed E-state index contributed by atoms with van der Waals surface area (Å²) in [5, 5.41) is 5.15. The molecule has 1 aliphatic carbocycles. The fraction of sp³-hybridized carbons (Fsp3) is 0.312. The molecule has 0 fully saturated rings. The Hall–Kier alpha value is -2.50. The van der Waals surface area contributed by atoms with Gasteiger partial charge in [-0.05, 0) is 25.0 Å². The zero-order valence-electron chi connectivity index (χ0n) is 11.8. The van der Waals surface area contributed by atoms with Crippen LogP contribution in [0.5, 0.6) is 0 Å². The summed E-state index contributed by atoms with van der Waals surface area (Å²) < 4.78 is 13.6. The minimum atomic E-state index is -0.851. The van der Waals surface area contributed by atoms with Gasteiger partial charge in [-0.25, -0.2) is 4.39 Å². The van der Waals surface area contributed by atoms with Gasteiger partial charge in [0.05, 0.1) is 11.6 Å². The third-order valence-electron chi connectivity index (χ3n) is 3.93. The maximum atomic E-state index is 13.6. The van der Waals surface area contributed by atoms with Crippen LogP contribution in [0.3, 0.4) is 0 Å². The summed E-state index contributed by atoms with van der Waals surface area (Å²) in [5.74, 6) is -2.34. The van der Waals surface area contributed by atoms with Crippen LogP contribution in [0.1, 0.15) is 25.7 Å². The Bertz CT molecular complexity index is 696. The molecule has 3 rings (SSSR count). The summed E-state index contributed by atoms with van der Waals surface area (Å²) in [6.45, 7) is 0. The van der Waals surface area contributed by atoms with Crippen molar-refractivity contribution < 1.29 is 18.8 Å². The summed E-state index contributed by atoms with van der Waals surface area (Å²) in [6.07, 6.45) is 1.53. The predicted octanol–water partition coefficient (Wildman–Crippen LogP) is 1.91. The molecule has 2 N–H and O–H groups in total. The molecule has 0 bridgehead atoms. The van der Waals surface area contributed by atoms with Gasteiger partial charge in [0.15, 0.2) is 5.78 Å². The molecule has 6 heteroatoms. The fourth-order valence-corrected chi connectivity index (χ4v) is 2.91. The van der Waals surface area contributed by atoms with E-state index in [2.05, 4.69) is 10.6 Å². The molecule has 1 aliphatic heterocycles. The van der Waals surface area contributed by atoms with Gasteiger partial charge in [-0.15, -0.1) is 0 Å². The molecule has 1 heterocycles. The van der Waals surface area contributed by atoms with Gasteiger partial charge >= 0.3 is 0 Å². The third-order valence-corrected chi connectivity index (χ3v) is 3.93. The molecule has 0 spiro atoms. The zero-order chi connectivity index (χ0) is 15.7. The minimum absolute atomic E-state index is 0.0453. The first-order valence-corrected chi connectivity index (χ1v) is 7.17. The van der Waals surface area contributed by atoms with E-state index in [0.717, 1.165) is 0 Å². The largest absolute Gasteiger partial charge is 0.329 e. The number of rotatable bonds is 2. The van der Waals surface area contributed by atoms with E-state index in [0.29, 0.717) is 30.5 Å². The maximum Gasteiger partial charge on any atom is 0.232 e. The molecular weight excluding hydrogens is 287 g/mol. The molecule has 0 saturated heterocycles. The lowest BCUT2D eigenvalue weighted by Crippen LogP contribution is -2.41. The third kappa shape index (κ3) is 2.64. The van der Waals surface area contributed by atoms with Crippen LogP contribution in [0, 0.1) is 11.7 Å². The summed E-state index contributed by atoms with van der Waals surface area (Å²) in [7, 11) is 0. The molecule has 1 atom stereocenters. The fourth-order valence-electron chi connectivity index (χ4n) is 2.91. The molecule has 1 aromatic carbocycles. The number of hydrogen-bond acceptors (Lipinski definition) is 3. The maximum absolute atomic E-state index is 13.6. The monoisotopic (exact) mass is 302 g/mol. The van der Waals surface area contributed by atoms with Gasteiger partial charge in [-0.3, -0.25) is 14.4 Å². The first kappa shape index (κ1) is 14.4. The number of ketones is 1. The topological polar surface area (TPSA) is 75.3 Å². The summed E-state index contributed by atoms with van der Waals surface area (Å²) in [5.41, 5.74) is 0.963. The number of allylic oxidation sites excluding steroid dienone is 1. The van der Waals surface area contributed by atoms with Gasteiger partial charge in [0.1, 0.15) is 5.82 Å². The number of carbonyl (C=O) groups excluding carboxylic acids is 3. The van der Waals surface area contributed by atoms with Crippen LogP contribution in [0.2, 0.25) is 0 Å². The Morgan fingerprint density at radius 1 is 1.23 bits per heavy atom. The lowest BCUT2D eigenvalue weighted by Gasteiger charge is -2.30. The van der Waals surface area contributed by atoms with E-state index in [-0.39, 0.29) is 23.8 Å². The number of hydrogen-bond donors (Lipinski definition) is 2. The first-order valence-electron chi connectivity index (χ1n) is 7.17. The van der Waals surface area contributed by atoms with Crippen LogP contribution in [0.15, 0.2) is 35.5 Å². The summed E-state index contributed by atoms with van der Waals surface area (Å²) in [4.78, 5) is 36.3. The molecule has 2 amide bonds. The lowest BCUT2D eigenvalue weighted by atomic mass is 9.81. The van der Waals surface area contributed by atoms with E-state index in [1.165, 1.54) is 18.2 Å². The molecule has 0 aromatic heterocycles. The number of halogens is 1. The van der Waals surface area contributed by atoms with Crippen molar-refractivity contribution in [3.63, 3.8) is 0 Å². The molecule has 0 unspecified atom stereocenters. The second-order valence-corrected chi connectivity index (χ2v) is 5.44. The van der Waals surface area contributed by atoms with Crippen molar-refractivity contribution in [1.82, 2.24) is 5.32 Å². The SMILES string of the molecule is O=C1C[C@H](C(=O)Nc2ccccc2F)C2=C(CCCC2=O)N1. The molecule has 22 heavy (non-hydrogen) atoms. The van der Waals surface area contributed by atoms with Crippen molar-refractivity contribution in [3.05, 3.63) is 41.4 Å². The Kier molecular flexibility index (Phi) is 3.75. The van der Waals surface area contributed by atoms with Gasteiger partial charge < -0.3 is 10.6 Å². The molecule has 114 valence electrons. The van der Waals surface area contributed by atoms with Crippen molar-refractivity contribution in [2.45, 2.75) is 25.7 Å². The highest BCUT2D eigenvalue weighted by Crippen LogP contribution is 2.32. The number of anilines is 1. The highest BCUT2D eigenvalue weighted by Gasteiger charge is 2.38. The highest BCUT2D eigenvalue weighted by molar-refractivity contribution is 6.09. The smallest absolute Gasteiger partial charge is 0.232 e. The number of para-hydroxylation sites is 1. The van der Waals surface area contributed by atoms with Crippen LogP contribution < -0.4 is 10.6 Å². The van der Waals surface area contributed by atoms with Gasteiger partial charge in [0.25, 0.3) is 0 Å². The van der Waals surface area contributed by atoms with Gasteiger partial charge in [-0.2, -0.15) is 0 Å². The number of benzene rings is 1. The average molecular weight is 302 g/mol. The van der Waals surface area contributed by atoms with Gasteiger partial charge in [0.2, 0.25) is 11.8 Å². The van der Waals surface area contributed by atoms with E-state index >= 15 is 0 Å². The van der Waals surface area contributed by atoms with Crippen molar-refractivity contribution in [1.29, 1.82) is 0 Å². The van der Waals surface area contributed by atoms with Crippen LogP contribution in [0.25, 0.3) is 0 Å². The number of nitrogens with one attached hydrogen (secondary N) is 2. The quantitative estimate of drug-likeness (QED) is 0.876. The first-order chi connectivity index (χ1) is 10.6. The molecule has 0 radical (unpaired) electrons. The molecule has 2 aliphatic rings. The number of Topliss-reactive ketones (excluding diaryl/α,β-unsaturated/α-hetero) is 1. The van der Waals surface area contributed by atoms with E-state index in [1.807, 2.05) is 0 Å². The molecule has 1 aromatic rings. The van der Waals surface area contributed by atoms with E-state index in [1.54, 1.807) is 6.07 Å². The second kappa shape index (κ2) is 5.71. The van der Waals surface area contributed by atoms with Crippen molar-refractivity contribution in [2.24, 2.45) is 5.92 Å². The summed E-state index contributed by atoms with van der Waals surface area (Å²) >= 11 is 0. The molecular formula is C16H15FN2O3. The van der Waals surface area contributed by atoms with E-state index < -0.39 is 17.6 Å². The Morgan fingerprint density at radius 3 is 2.77 bits per heavy atom. The Balaban J connectivity index is 1.89. The lowest BCUT2D eigenvalue weighted by molar-refractivity contribution is -0.128. The van der Waals surface area contributed by atoms with Crippen molar-refractivity contribution in [3.8, 4) is 0 Å². The van der Waals surface area contributed by atoms with E-state index in [9.17, 15) is 18.8 Å². The molecule has 0 saturated carbocycles. The number of amides is 2. The highest BCUT2D eigenvalue weighted by atomic mass is 19.1. The zero-order valence-corrected chi connectivity index (χ0v) is 11.8. The predicted molar refractivity (Wildman–Crippen MR) is 77.2 cm³/mol. The van der Waals surface area contributed by atoms with Gasteiger partial charge in [-0.1, -0.05) is 12.1 Å². The average Bonchev–Trinajstić information content (AvgIpc) is 2.48. The van der Waals surface area contributed by atoms with Crippen molar-refractivity contribution >= 4 is 23.3 Å². The Morgan fingerprint density at radius 2 is 2.00 bits per heavy atom. The second-order valence-electron chi connectivity index (χ2n) is 5.44. The summed E-state index contributed by atoms with van der Waals surface area (Å²) in [6, 6.07) is 5.79.